The normalized spacial score (nSPS) is 10.6. The fourth-order valence-electron chi connectivity index (χ4n) is 1.79. The molecule has 2 aromatic rings. The van der Waals surface area contributed by atoms with Crippen LogP contribution in [0.15, 0.2) is 30.6 Å². The molecule has 0 saturated carbocycles. The average molecular weight is 250 g/mol. The van der Waals surface area contributed by atoms with Crippen molar-refractivity contribution in [2.24, 2.45) is 7.05 Å². The van der Waals surface area contributed by atoms with Crippen LogP contribution in [0, 0.1) is 11.6 Å². The largest absolute Gasteiger partial charge is 0.299 e. The number of halogens is 2. The number of Topliss-reactive ketones (excluding diaryl/α,β-unsaturated/α-hetero) is 1. The average Bonchev–Trinajstić information content (AvgIpc) is 2.61. The van der Waals surface area contributed by atoms with E-state index in [1.807, 2.05) is 0 Å². The minimum absolute atomic E-state index is 0.0174. The fraction of sp³-hybridized carbons (Fsp3) is 0.231. The first-order valence-electron chi connectivity index (χ1n) is 5.47. The van der Waals surface area contributed by atoms with Crippen LogP contribution in [-0.2, 0) is 24.7 Å². The highest BCUT2D eigenvalue weighted by Gasteiger charge is 2.08. The van der Waals surface area contributed by atoms with Crippen LogP contribution in [0.2, 0.25) is 0 Å². The van der Waals surface area contributed by atoms with Crippen molar-refractivity contribution in [3.05, 3.63) is 53.4 Å². The van der Waals surface area contributed by atoms with Gasteiger partial charge in [0.2, 0.25) is 0 Å². The van der Waals surface area contributed by atoms with Crippen molar-refractivity contribution in [2.75, 3.05) is 0 Å². The molecule has 1 aromatic heterocycles. The Labute approximate surface area is 103 Å². The molecule has 0 aliphatic carbocycles. The van der Waals surface area contributed by atoms with Crippen molar-refractivity contribution in [3.8, 4) is 0 Å². The van der Waals surface area contributed by atoms with E-state index >= 15 is 0 Å². The summed E-state index contributed by atoms with van der Waals surface area (Å²) in [5.41, 5.74) is 1.14. The lowest BCUT2D eigenvalue weighted by molar-refractivity contribution is -0.117. The maximum absolute atomic E-state index is 12.9. The van der Waals surface area contributed by atoms with Crippen LogP contribution in [0.1, 0.15) is 11.1 Å². The third kappa shape index (κ3) is 3.23. The van der Waals surface area contributed by atoms with Crippen LogP contribution in [0.3, 0.4) is 0 Å². The van der Waals surface area contributed by atoms with Gasteiger partial charge in [0.1, 0.15) is 17.4 Å². The van der Waals surface area contributed by atoms with Gasteiger partial charge in [0, 0.05) is 32.2 Å². The van der Waals surface area contributed by atoms with Gasteiger partial charge in [0.15, 0.2) is 0 Å². The summed E-state index contributed by atoms with van der Waals surface area (Å²) < 4.78 is 27.5. The second kappa shape index (κ2) is 5.08. The minimum atomic E-state index is -0.667. The lowest BCUT2D eigenvalue weighted by Crippen LogP contribution is -2.06. The van der Waals surface area contributed by atoms with E-state index in [9.17, 15) is 13.6 Å². The predicted octanol–water partition coefficient (Wildman–Crippen LogP) is 2.05. The van der Waals surface area contributed by atoms with E-state index in [1.165, 1.54) is 12.1 Å². The van der Waals surface area contributed by atoms with Gasteiger partial charge in [-0.3, -0.25) is 9.48 Å². The molecular formula is C13H12F2N2O. The van der Waals surface area contributed by atoms with E-state index in [0.717, 1.165) is 11.6 Å². The molecule has 3 nitrogen and oxygen atoms in total. The summed E-state index contributed by atoms with van der Waals surface area (Å²) in [5.74, 6) is -1.44. The topological polar surface area (TPSA) is 34.9 Å². The van der Waals surface area contributed by atoms with Crippen LogP contribution in [0.25, 0.3) is 0 Å². The fourth-order valence-corrected chi connectivity index (χ4v) is 1.79. The molecule has 0 amide bonds. The number of nitrogens with zero attached hydrogens (tertiary/aromatic N) is 2. The monoisotopic (exact) mass is 250 g/mol. The molecule has 0 bridgehead atoms. The van der Waals surface area contributed by atoms with Gasteiger partial charge in [-0.15, -0.1) is 0 Å². The van der Waals surface area contributed by atoms with Gasteiger partial charge in [-0.25, -0.2) is 8.78 Å². The summed E-state index contributed by atoms with van der Waals surface area (Å²) in [6.45, 7) is 0. The van der Waals surface area contributed by atoms with Crippen molar-refractivity contribution in [1.82, 2.24) is 9.78 Å². The van der Waals surface area contributed by atoms with Gasteiger partial charge in [-0.1, -0.05) is 0 Å². The third-order valence-corrected chi connectivity index (χ3v) is 2.48. The van der Waals surface area contributed by atoms with Crippen molar-refractivity contribution >= 4 is 5.78 Å². The molecule has 0 radical (unpaired) electrons. The maximum atomic E-state index is 12.9. The summed E-state index contributed by atoms with van der Waals surface area (Å²) in [6, 6.07) is 3.13. The van der Waals surface area contributed by atoms with Crippen LogP contribution in [0.5, 0.6) is 0 Å². The zero-order valence-corrected chi connectivity index (χ0v) is 9.86. The number of hydrogen-bond donors (Lipinski definition) is 0. The van der Waals surface area contributed by atoms with Crippen molar-refractivity contribution in [3.63, 3.8) is 0 Å². The predicted molar refractivity (Wildman–Crippen MR) is 62.0 cm³/mol. The quantitative estimate of drug-likeness (QED) is 0.832. The summed E-state index contributed by atoms with van der Waals surface area (Å²) >= 11 is 0. The third-order valence-electron chi connectivity index (χ3n) is 2.48. The lowest BCUT2D eigenvalue weighted by Gasteiger charge is -2.01. The van der Waals surface area contributed by atoms with Crippen LogP contribution in [0.4, 0.5) is 8.78 Å². The zero-order valence-electron chi connectivity index (χ0n) is 9.86. The molecule has 0 aliphatic heterocycles. The van der Waals surface area contributed by atoms with Gasteiger partial charge in [-0.2, -0.15) is 5.10 Å². The first-order valence-corrected chi connectivity index (χ1v) is 5.47. The molecule has 0 spiro atoms. The van der Waals surface area contributed by atoms with Gasteiger partial charge in [0.05, 0.1) is 6.20 Å². The molecule has 0 N–H and O–H groups in total. The smallest absolute Gasteiger partial charge is 0.141 e. The first-order chi connectivity index (χ1) is 8.52. The molecule has 18 heavy (non-hydrogen) atoms. The number of aromatic nitrogens is 2. The van der Waals surface area contributed by atoms with Crippen molar-refractivity contribution in [2.45, 2.75) is 12.8 Å². The second-order valence-electron chi connectivity index (χ2n) is 4.19. The van der Waals surface area contributed by atoms with Crippen molar-refractivity contribution in [1.29, 1.82) is 0 Å². The SMILES string of the molecule is Cn1cc(CC(=O)Cc2cc(F)cc(F)c2)cn1. The number of hydrogen-bond acceptors (Lipinski definition) is 2. The summed E-state index contributed by atoms with van der Waals surface area (Å²) in [4.78, 5) is 11.7. The molecule has 5 heteroatoms. The first kappa shape index (κ1) is 12.4. The summed E-state index contributed by atoms with van der Waals surface area (Å²) in [7, 11) is 1.76. The molecule has 1 aromatic carbocycles. The standard InChI is InChI=1S/C13H12F2N2O/c1-17-8-10(7-16-17)5-13(18)4-9-2-11(14)6-12(15)3-9/h2-3,6-8H,4-5H2,1H3. The number of aryl methyl sites for hydroxylation is 1. The highest BCUT2D eigenvalue weighted by Crippen LogP contribution is 2.10. The Bertz CT molecular complexity index is 558. The van der Waals surface area contributed by atoms with Gasteiger partial charge in [0.25, 0.3) is 0 Å². The van der Waals surface area contributed by atoms with E-state index in [4.69, 9.17) is 0 Å². The Hall–Kier alpha value is -2.04. The maximum Gasteiger partial charge on any atom is 0.141 e. The Morgan fingerprint density at radius 3 is 2.33 bits per heavy atom. The molecule has 0 unspecified atom stereocenters. The Morgan fingerprint density at radius 2 is 1.78 bits per heavy atom. The van der Waals surface area contributed by atoms with Crippen LogP contribution >= 0.6 is 0 Å². The van der Waals surface area contributed by atoms with E-state index in [2.05, 4.69) is 5.10 Å². The molecule has 2 rings (SSSR count). The number of ketones is 1. The highest BCUT2D eigenvalue weighted by molar-refractivity contribution is 5.82. The molecule has 0 saturated heterocycles. The minimum Gasteiger partial charge on any atom is -0.299 e. The second-order valence-corrected chi connectivity index (χ2v) is 4.19. The zero-order chi connectivity index (χ0) is 13.1. The van der Waals surface area contributed by atoms with Gasteiger partial charge < -0.3 is 0 Å². The highest BCUT2D eigenvalue weighted by atomic mass is 19.1. The van der Waals surface area contributed by atoms with Crippen LogP contribution in [-0.4, -0.2) is 15.6 Å². The number of carbonyl (C=O) groups excluding carboxylic acids is 1. The molecule has 0 fully saturated rings. The Balaban J connectivity index is 2.02. The van der Waals surface area contributed by atoms with Crippen LogP contribution < -0.4 is 0 Å². The molecule has 0 aliphatic rings. The molecular weight excluding hydrogens is 238 g/mol. The van der Waals surface area contributed by atoms with E-state index in [-0.39, 0.29) is 18.6 Å². The molecule has 1 heterocycles. The summed E-state index contributed by atoms with van der Waals surface area (Å²) in [5, 5.41) is 3.95. The Morgan fingerprint density at radius 1 is 1.17 bits per heavy atom. The number of rotatable bonds is 4. The van der Waals surface area contributed by atoms with Gasteiger partial charge in [-0.05, 0) is 23.3 Å². The van der Waals surface area contributed by atoms with Crippen molar-refractivity contribution < 1.29 is 13.6 Å². The van der Waals surface area contributed by atoms with E-state index in [0.29, 0.717) is 5.56 Å². The van der Waals surface area contributed by atoms with Gasteiger partial charge >= 0.3 is 0 Å². The summed E-state index contributed by atoms with van der Waals surface area (Å²) in [6.07, 6.45) is 3.57. The number of carbonyl (C=O) groups is 1. The van der Waals surface area contributed by atoms with E-state index < -0.39 is 11.6 Å². The molecule has 0 atom stereocenters. The molecule has 94 valence electrons. The number of benzene rings is 1. The lowest BCUT2D eigenvalue weighted by atomic mass is 10.0. The Kier molecular flexibility index (Phi) is 3.50. The van der Waals surface area contributed by atoms with E-state index in [1.54, 1.807) is 24.1 Å².